The van der Waals surface area contributed by atoms with Crippen LogP contribution >= 0.6 is 15.9 Å². The molecule has 1 aromatic carbocycles. The number of carbonyl (C=O) groups excluding carboxylic acids is 2. The second-order valence-corrected chi connectivity index (χ2v) is 5.89. The van der Waals surface area contributed by atoms with Crippen molar-refractivity contribution >= 4 is 27.8 Å². The van der Waals surface area contributed by atoms with Crippen molar-refractivity contribution in [3.05, 3.63) is 28.2 Å². The quantitative estimate of drug-likeness (QED) is 0.795. The molecule has 0 saturated heterocycles. The second kappa shape index (κ2) is 8.02. The van der Waals surface area contributed by atoms with Gasteiger partial charge in [0.1, 0.15) is 5.75 Å². The highest BCUT2D eigenvalue weighted by Crippen LogP contribution is 2.25. The molecule has 0 saturated carbocycles. The Morgan fingerprint density at radius 2 is 1.95 bits per heavy atom. The van der Waals surface area contributed by atoms with Crippen molar-refractivity contribution < 1.29 is 19.1 Å². The predicted molar refractivity (Wildman–Crippen MR) is 83.4 cm³/mol. The Morgan fingerprint density at radius 1 is 1.29 bits per heavy atom. The third kappa shape index (κ3) is 5.38. The molecule has 0 fully saturated rings. The van der Waals surface area contributed by atoms with Gasteiger partial charge in [-0.1, -0.05) is 13.8 Å². The lowest BCUT2D eigenvalue weighted by Crippen LogP contribution is -2.37. The molecule has 1 N–H and O–H groups in total. The summed E-state index contributed by atoms with van der Waals surface area (Å²) in [6.07, 6.45) is -0.836. The first-order chi connectivity index (χ1) is 9.85. The van der Waals surface area contributed by atoms with Gasteiger partial charge in [0, 0.05) is 6.54 Å². The van der Waals surface area contributed by atoms with Crippen molar-refractivity contribution in [2.24, 2.45) is 5.92 Å². The molecule has 6 heteroatoms. The van der Waals surface area contributed by atoms with Crippen molar-refractivity contribution in [1.82, 2.24) is 5.32 Å². The first kappa shape index (κ1) is 17.5. The summed E-state index contributed by atoms with van der Waals surface area (Å²) >= 11 is 3.30. The number of hydrogen-bond donors (Lipinski definition) is 1. The number of carbonyl (C=O) groups is 2. The smallest absolute Gasteiger partial charge is 0.338 e. The van der Waals surface area contributed by atoms with Crippen LogP contribution in [-0.2, 0) is 9.53 Å². The Bertz CT molecular complexity index is 516. The first-order valence-corrected chi connectivity index (χ1v) is 7.46. The maximum absolute atomic E-state index is 12.0. The van der Waals surface area contributed by atoms with Crippen LogP contribution in [0.15, 0.2) is 22.7 Å². The van der Waals surface area contributed by atoms with Crippen molar-refractivity contribution in [2.75, 3.05) is 13.7 Å². The molecule has 1 amide bonds. The number of nitrogens with one attached hydrogen (secondary N) is 1. The molecule has 116 valence electrons. The lowest BCUT2D eigenvalue weighted by Gasteiger charge is -2.15. The number of hydrogen-bond acceptors (Lipinski definition) is 4. The molecule has 1 atom stereocenters. The monoisotopic (exact) mass is 357 g/mol. The van der Waals surface area contributed by atoms with E-state index < -0.39 is 12.1 Å². The largest absolute Gasteiger partial charge is 0.496 e. The zero-order chi connectivity index (χ0) is 16.0. The summed E-state index contributed by atoms with van der Waals surface area (Å²) in [6, 6.07) is 4.84. The van der Waals surface area contributed by atoms with E-state index in [0.717, 1.165) is 0 Å². The molecule has 0 aliphatic heterocycles. The zero-order valence-corrected chi connectivity index (χ0v) is 14.2. The molecule has 0 aliphatic carbocycles. The van der Waals surface area contributed by atoms with Crippen LogP contribution in [0.4, 0.5) is 0 Å². The summed E-state index contributed by atoms with van der Waals surface area (Å²) in [7, 11) is 1.54. The van der Waals surface area contributed by atoms with Gasteiger partial charge in [-0.3, -0.25) is 4.79 Å². The Labute approximate surface area is 133 Å². The van der Waals surface area contributed by atoms with E-state index in [0.29, 0.717) is 28.2 Å². The fraction of sp³-hybridized carbons (Fsp3) is 0.467. The third-order valence-corrected chi connectivity index (χ3v) is 3.34. The van der Waals surface area contributed by atoms with Crippen LogP contribution in [0.25, 0.3) is 0 Å². The Hall–Kier alpha value is -1.56. The maximum Gasteiger partial charge on any atom is 0.338 e. The van der Waals surface area contributed by atoms with E-state index in [1.54, 1.807) is 32.2 Å². The van der Waals surface area contributed by atoms with Gasteiger partial charge in [0.05, 0.1) is 17.1 Å². The van der Waals surface area contributed by atoms with Gasteiger partial charge in [0.25, 0.3) is 5.91 Å². The fourth-order valence-electron chi connectivity index (χ4n) is 1.52. The molecule has 0 radical (unpaired) electrons. The summed E-state index contributed by atoms with van der Waals surface area (Å²) in [5.74, 6) is 0.110. The van der Waals surface area contributed by atoms with Crippen LogP contribution in [0.1, 0.15) is 31.1 Å². The number of esters is 1. The molecule has 0 heterocycles. The van der Waals surface area contributed by atoms with Crippen molar-refractivity contribution in [1.29, 1.82) is 0 Å². The van der Waals surface area contributed by atoms with E-state index in [9.17, 15) is 9.59 Å². The van der Waals surface area contributed by atoms with Gasteiger partial charge in [0.15, 0.2) is 6.10 Å². The van der Waals surface area contributed by atoms with E-state index in [1.165, 1.54) is 0 Å². The highest BCUT2D eigenvalue weighted by molar-refractivity contribution is 9.10. The molecular weight excluding hydrogens is 338 g/mol. The molecular formula is C15H20BrNO4. The average molecular weight is 358 g/mol. The van der Waals surface area contributed by atoms with Crippen LogP contribution in [-0.4, -0.2) is 31.6 Å². The summed E-state index contributed by atoms with van der Waals surface area (Å²) in [6.45, 7) is 6.08. The highest BCUT2D eigenvalue weighted by atomic mass is 79.9. The van der Waals surface area contributed by atoms with Gasteiger partial charge in [-0.15, -0.1) is 0 Å². The average Bonchev–Trinajstić information content (AvgIpc) is 2.44. The fourth-order valence-corrected chi connectivity index (χ4v) is 2.06. The first-order valence-electron chi connectivity index (χ1n) is 6.67. The van der Waals surface area contributed by atoms with Gasteiger partial charge in [0.2, 0.25) is 0 Å². The Morgan fingerprint density at radius 3 is 2.48 bits per heavy atom. The minimum atomic E-state index is -0.836. The van der Waals surface area contributed by atoms with Crippen LogP contribution in [0.2, 0.25) is 0 Å². The number of amides is 1. The molecule has 0 aromatic heterocycles. The standard InChI is InChI=1S/C15H20BrNO4/c1-9(2)8-17-14(18)10(3)21-15(19)11-5-6-13(20-4)12(16)7-11/h5-7,9-10H,8H2,1-4H3,(H,17,18)/t10-/m1/s1. The topological polar surface area (TPSA) is 64.6 Å². The van der Waals surface area contributed by atoms with E-state index in [1.807, 2.05) is 13.8 Å². The highest BCUT2D eigenvalue weighted by Gasteiger charge is 2.19. The minimum Gasteiger partial charge on any atom is -0.496 e. The lowest BCUT2D eigenvalue weighted by atomic mass is 10.2. The van der Waals surface area contributed by atoms with Gasteiger partial charge in [-0.25, -0.2) is 4.79 Å². The van der Waals surface area contributed by atoms with Crippen molar-refractivity contribution in [3.8, 4) is 5.75 Å². The molecule has 0 unspecified atom stereocenters. The number of halogens is 1. The lowest BCUT2D eigenvalue weighted by molar-refractivity contribution is -0.129. The molecule has 0 aliphatic rings. The summed E-state index contributed by atoms with van der Waals surface area (Å²) < 4.78 is 10.9. The van der Waals surface area contributed by atoms with Crippen LogP contribution in [0.3, 0.4) is 0 Å². The second-order valence-electron chi connectivity index (χ2n) is 5.04. The summed E-state index contributed by atoms with van der Waals surface area (Å²) in [4.78, 5) is 23.7. The van der Waals surface area contributed by atoms with Crippen LogP contribution in [0, 0.1) is 5.92 Å². The van der Waals surface area contributed by atoms with Crippen LogP contribution < -0.4 is 10.1 Å². The summed E-state index contributed by atoms with van der Waals surface area (Å²) in [5, 5.41) is 2.72. The molecule has 5 nitrogen and oxygen atoms in total. The normalized spacial score (nSPS) is 11.9. The molecule has 21 heavy (non-hydrogen) atoms. The van der Waals surface area contributed by atoms with Crippen molar-refractivity contribution in [3.63, 3.8) is 0 Å². The van der Waals surface area contributed by atoms with Crippen LogP contribution in [0.5, 0.6) is 5.75 Å². The Kier molecular flexibility index (Phi) is 6.68. The number of ether oxygens (including phenoxy) is 2. The van der Waals surface area contributed by atoms with Gasteiger partial charge in [-0.05, 0) is 47.0 Å². The number of rotatable bonds is 6. The minimum absolute atomic E-state index is 0.301. The number of methoxy groups -OCH3 is 1. The van der Waals surface area contributed by atoms with E-state index in [4.69, 9.17) is 9.47 Å². The Balaban J connectivity index is 2.64. The predicted octanol–water partition coefficient (Wildman–Crippen LogP) is 2.78. The van der Waals surface area contributed by atoms with Crippen molar-refractivity contribution in [2.45, 2.75) is 26.9 Å². The van der Waals surface area contributed by atoms with Gasteiger partial charge < -0.3 is 14.8 Å². The van der Waals surface area contributed by atoms with E-state index in [2.05, 4.69) is 21.2 Å². The molecule has 1 rings (SSSR count). The molecule has 0 bridgehead atoms. The third-order valence-electron chi connectivity index (χ3n) is 2.73. The van der Waals surface area contributed by atoms with E-state index in [-0.39, 0.29) is 5.91 Å². The SMILES string of the molecule is COc1ccc(C(=O)O[C@H](C)C(=O)NCC(C)C)cc1Br. The zero-order valence-electron chi connectivity index (χ0n) is 12.6. The molecule has 0 spiro atoms. The van der Waals surface area contributed by atoms with Gasteiger partial charge in [-0.2, -0.15) is 0 Å². The molecule has 1 aromatic rings. The summed E-state index contributed by atoms with van der Waals surface area (Å²) in [5.41, 5.74) is 0.353. The van der Waals surface area contributed by atoms with Gasteiger partial charge >= 0.3 is 5.97 Å². The number of benzene rings is 1. The van der Waals surface area contributed by atoms with E-state index >= 15 is 0 Å². The maximum atomic E-state index is 12.0.